The minimum Gasteiger partial charge on any atom is -0.494 e. The highest BCUT2D eigenvalue weighted by Gasteiger charge is 2.30. The molecular formula is C20H24N2O4S. The number of nitrogens with zero attached hydrogens (tertiary/aromatic N) is 1. The summed E-state index contributed by atoms with van der Waals surface area (Å²) in [5, 5.41) is 2.85. The number of amides is 1. The number of methoxy groups -OCH3 is 1. The van der Waals surface area contributed by atoms with Crippen molar-refractivity contribution in [3.05, 3.63) is 53.6 Å². The SMILES string of the molecule is COc1cc(NC(=O)CCc2ccc(C)cc2)ccc1N1CCCS1(=O)=O. The molecule has 2 aromatic carbocycles. The van der Waals surface area contributed by atoms with Crippen molar-refractivity contribution in [1.29, 1.82) is 0 Å². The zero-order valence-corrected chi connectivity index (χ0v) is 16.4. The molecular weight excluding hydrogens is 364 g/mol. The fourth-order valence-electron chi connectivity index (χ4n) is 3.11. The second-order valence-electron chi connectivity index (χ2n) is 6.66. The number of sulfonamides is 1. The van der Waals surface area contributed by atoms with E-state index >= 15 is 0 Å². The minimum absolute atomic E-state index is 0.0980. The van der Waals surface area contributed by atoms with Crippen LogP contribution in [0.2, 0.25) is 0 Å². The number of carbonyl (C=O) groups is 1. The van der Waals surface area contributed by atoms with Crippen LogP contribution in [0.25, 0.3) is 0 Å². The van der Waals surface area contributed by atoms with Gasteiger partial charge in [-0.3, -0.25) is 9.10 Å². The molecule has 0 spiro atoms. The number of hydrogen-bond acceptors (Lipinski definition) is 4. The summed E-state index contributed by atoms with van der Waals surface area (Å²) in [4.78, 5) is 12.2. The first-order chi connectivity index (χ1) is 12.9. The van der Waals surface area contributed by atoms with E-state index in [-0.39, 0.29) is 11.7 Å². The van der Waals surface area contributed by atoms with Crippen molar-refractivity contribution in [2.75, 3.05) is 29.0 Å². The Labute approximate surface area is 160 Å². The van der Waals surface area contributed by atoms with Crippen molar-refractivity contribution in [3.63, 3.8) is 0 Å². The molecule has 7 heteroatoms. The standard InChI is InChI=1S/C20H24N2O4S/c1-15-4-6-16(7-5-15)8-11-20(23)21-17-9-10-18(19(14-17)26-2)22-12-3-13-27(22,24)25/h4-7,9-10,14H,3,8,11-13H2,1-2H3,(H,21,23). The highest BCUT2D eigenvalue weighted by atomic mass is 32.2. The Balaban J connectivity index is 1.66. The predicted molar refractivity (Wildman–Crippen MR) is 107 cm³/mol. The molecule has 0 unspecified atom stereocenters. The van der Waals surface area contributed by atoms with E-state index in [2.05, 4.69) is 5.32 Å². The highest BCUT2D eigenvalue weighted by Crippen LogP contribution is 2.35. The summed E-state index contributed by atoms with van der Waals surface area (Å²) in [6.45, 7) is 2.47. The molecule has 2 aromatic rings. The van der Waals surface area contributed by atoms with Crippen molar-refractivity contribution in [3.8, 4) is 5.75 Å². The number of benzene rings is 2. The predicted octanol–water partition coefficient (Wildman–Crippen LogP) is 3.11. The molecule has 0 bridgehead atoms. The molecule has 1 heterocycles. The molecule has 1 N–H and O–H groups in total. The lowest BCUT2D eigenvalue weighted by Gasteiger charge is -2.20. The number of carbonyl (C=O) groups excluding carboxylic acids is 1. The summed E-state index contributed by atoms with van der Waals surface area (Å²) in [7, 11) is -1.79. The average molecular weight is 388 g/mol. The third-order valence-electron chi connectivity index (χ3n) is 4.59. The zero-order chi connectivity index (χ0) is 19.4. The van der Waals surface area contributed by atoms with E-state index in [1.165, 1.54) is 17.0 Å². The van der Waals surface area contributed by atoms with Crippen molar-refractivity contribution < 1.29 is 17.9 Å². The van der Waals surface area contributed by atoms with Crippen LogP contribution in [-0.4, -0.2) is 33.7 Å². The lowest BCUT2D eigenvalue weighted by atomic mass is 10.1. The second kappa shape index (κ2) is 8.00. The zero-order valence-electron chi connectivity index (χ0n) is 15.6. The number of rotatable bonds is 6. The molecule has 1 fully saturated rings. The summed E-state index contributed by atoms with van der Waals surface area (Å²) in [6, 6.07) is 13.2. The Kier molecular flexibility index (Phi) is 5.70. The maximum Gasteiger partial charge on any atom is 0.235 e. The van der Waals surface area contributed by atoms with Gasteiger partial charge < -0.3 is 10.1 Å². The molecule has 0 saturated carbocycles. The van der Waals surface area contributed by atoms with Gasteiger partial charge in [-0.05, 0) is 37.5 Å². The quantitative estimate of drug-likeness (QED) is 0.825. The minimum atomic E-state index is -3.29. The Hall–Kier alpha value is -2.54. The Morgan fingerprint density at radius 1 is 1.19 bits per heavy atom. The van der Waals surface area contributed by atoms with Crippen LogP contribution < -0.4 is 14.4 Å². The maximum absolute atomic E-state index is 12.2. The van der Waals surface area contributed by atoms with E-state index in [1.54, 1.807) is 18.2 Å². The van der Waals surface area contributed by atoms with E-state index < -0.39 is 10.0 Å². The van der Waals surface area contributed by atoms with Crippen molar-refractivity contribution >= 4 is 27.3 Å². The Morgan fingerprint density at radius 3 is 2.56 bits per heavy atom. The van der Waals surface area contributed by atoms with Crippen molar-refractivity contribution in [2.45, 2.75) is 26.2 Å². The van der Waals surface area contributed by atoms with Crippen LogP contribution >= 0.6 is 0 Å². The second-order valence-corrected chi connectivity index (χ2v) is 8.67. The molecule has 0 atom stereocenters. The Morgan fingerprint density at radius 2 is 1.93 bits per heavy atom. The third-order valence-corrected chi connectivity index (χ3v) is 6.45. The van der Waals surface area contributed by atoms with Crippen LogP contribution in [0.1, 0.15) is 24.0 Å². The number of anilines is 2. The largest absolute Gasteiger partial charge is 0.494 e. The van der Waals surface area contributed by atoms with E-state index in [1.807, 2.05) is 31.2 Å². The van der Waals surface area contributed by atoms with Gasteiger partial charge in [-0.15, -0.1) is 0 Å². The first kappa shape index (κ1) is 19.2. The number of ether oxygens (including phenoxy) is 1. The molecule has 6 nitrogen and oxygen atoms in total. The maximum atomic E-state index is 12.2. The summed E-state index contributed by atoms with van der Waals surface area (Å²) in [5.41, 5.74) is 3.40. The van der Waals surface area contributed by atoms with Crippen molar-refractivity contribution in [2.24, 2.45) is 0 Å². The molecule has 3 rings (SSSR count). The van der Waals surface area contributed by atoms with Crippen LogP contribution in [0.3, 0.4) is 0 Å². The normalized spacial score (nSPS) is 15.6. The molecule has 1 aliphatic rings. The van der Waals surface area contributed by atoms with Crippen molar-refractivity contribution in [1.82, 2.24) is 0 Å². The summed E-state index contributed by atoms with van der Waals surface area (Å²) < 4.78 is 31.0. The van der Waals surface area contributed by atoms with Gasteiger partial charge in [0.25, 0.3) is 0 Å². The van der Waals surface area contributed by atoms with E-state index in [9.17, 15) is 13.2 Å². The van der Waals surface area contributed by atoms with Crippen LogP contribution in [0.15, 0.2) is 42.5 Å². The van der Waals surface area contributed by atoms with Gasteiger partial charge in [-0.2, -0.15) is 0 Å². The van der Waals surface area contributed by atoms with Gasteiger partial charge in [0.1, 0.15) is 5.75 Å². The number of hydrogen-bond donors (Lipinski definition) is 1. The molecule has 0 aliphatic carbocycles. The van der Waals surface area contributed by atoms with Crippen LogP contribution in [0.5, 0.6) is 5.75 Å². The molecule has 0 aromatic heterocycles. The molecule has 1 amide bonds. The lowest BCUT2D eigenvalue weighted by Crippen LogP contribution is -2.25. The van der Waals surface area contributed by atoms with Crippen LogP contribution in [0, 0.1) is 6.92 Å². The summed E-state index contributed by atoms with van der Waals surface area (Å²) in [6.07, 6.45) is 1.63. The lowest BCUT2D eigenvalue weighted by molar-refractivity contribution is -0.116. The Bertz CT molecular complexity index is 923. The van der Waals surface area contributed by atoms with Gasteiger partial charge in [-0.1, -0.05) is 29.8 Å². The first-order valence-electron chi connectivity index (χ1n) is 8.93. The van der Waals surface area contributed by atoms with Gasteiger partial charge in [-0.25, -0.2) is 8.42 Å². The number of aryl methyl sites for hydroxylation is 2. The fraction of sp³-hybridized carbons (Fsp3) is 0.350. The van der Waals surface area contributed by atoms with Gasteiger partial charge in [0.15, 0.2) is 0 Å². The van der Waals surface area contributed by atoms with Gasteiger partial charge in [0.05, 0.1) is 18.6 Å². The number of nitrogens with one attached hydrogen (secondary N) is 1. The van der Waals surface area contributed by atoms with E-state index in [0.29, 0.717) is 42.9 Å². The first-order valence-corrected chi connectivity index (χ1v) is 10.5. The summed E-state index contributed by atoms with van der Waals surface area (Å²) >= 11 is 0. The summed E-state index contributed by atoms with van der Waals surface area (Å²) in [5.74, 6) is 0.476. The molecule has 1 aliphatic heterocycles. The molecule has 1 saturated heterocycles. The van der Waals surface area contributed by atoms with E-state index in [4.69, 9.17) is 4.74 Å². The van der Waals surface area contributed by atoms with Crippen LogP contribution in [0.4, 0.5) is 11.4 Å². The van der Waals surface area contributed by atoms with Gasteiger partial charge in [0, 0.05) is 24.7 Å². The molecule has 144 valence electrons. The van der Waals surface area contributed by atoms with Crippen LogP contribution in [-0.2, 0) is 21.2 Å². The average Bonchev–Trinajstić information content (AvgIpc) is 3.00. The fourth-order valence-corrected chi connectivity index (χ4v) is 4.68. The third kappa shape index (κ3) is 4.60. The topological polar surface area (TPSA) is 75.7 Å². The van der Waals surface area contributed by atoms with Gasteiger partial charge >= 0.3 is 0 Å². The molecule has 27 heavy (non-hydrogen) atoms. The smallest absolute Gasteiger partial charge is 0.235 e. The van der Waals surface area contributed by atoms with E-state index in [0.717, 1.165) is 5.56 Å². The highest BCUT2D eigenvalue weighted by molar-refractivity contribution is 7.93. The van der Waals surface area contributed by atoms with Gasteiger partial charge in [0.2, 0.25) is 15.9 Å². The molecule has 0 radical (unpaired) electrons. The monoisotopic (exact) mass is 388 g/mol.